The quantitative estimate of drug-likeness (QED) is 0.644. The van der Waals surface area contributed by atoms with E-state index in [1.54, 1.807) is 0 Å². The summed E-state index contributed by atoms with van der Waals surface area (Å²) in [5.74, 6) is 0.152. The maximum Gasteiger partial charge on any atom is 0.317 e. The molecule has 3 amide bonds. The lowest BCUT2D eigenvalue weighted by atomic mass is 9.85. The van der Waals surface area contributed by atoms with Crippen LogP contribution in [-0.2, 0) is 11.2 Å². The number of carbonyl (C=O) groups excluding carboxylic acids is 2. The SMILES string of the molecule is C=C(OCC)C(C)(C)N1CC2C(=N1)CCc1c2sc(NC(N)=O)c1C(N)=O. The third-order valence-corrected chi connectivity index (χ3v) is 6.38. The first-order valence-electron chi connectivity index (χ1n) is 8.85. The largest absolute Gasteiger partial charge is 0.496 e. The Bertz CT molecular complexity index is 842. The van der Waals surface area contributed by atoms with Crippen molar-refractivity contribution in [3.63, 3.8) is 0 Å². The molecule has 5 N–H and O–H groups in total. The molecule has 9 heteroatoms. The fraction of sp³-hybridized carbons (Fsp3) is 0.500. The lowest BCUT2D eigenvalue weighted by Crippen LogP contribution is -2.42. The summed E-state index contributed by atoms with van der Waals surface area (Å²) in [7, 11) is 0. The van der Waals surface area contributed by atoms with Gasteiger partial charge in [-0.2, -0.15) is 5.10 Å². The number of hydrazone groups is 1. The average molecular weight is 391 g/mol. The number of thiophene rings is 1. The van der Waals surface area contributed by atoms with Crippen LogP contribution in [0.4, 0.5) is 9.80 Å². The highest BCUT2D eigenvalue weighted by atomic mass is 32.1. The number of urea groups is 1. The zero-order valence-corrected chi connectivity index (χ0v) is 16.6. The summed E-state index contributed by atoms with van der Waals surface area (Å²) in [6, 6.07) is -0.716. The molecule has 1 aromatic heterocycles. The van der Waals surface area contributed by atoms with Gasteiger partial charge in [-0.05, 0) is 39.2 Å². The van der Waals surface area contributed by atoms with Crippen molar-refractivity contribution in [3.8, 4) is 0 Å². The van der Waals surface area contributed by atoms with Crippen LogP contribution < -0.4 is 16.8 Å². The van der Waals surface area contributed by atoms with Gasteiger partial charge in [-0.25, -0.2) is 4.79 Å². The molecule has 3 rings (SSSR count). The first kappa shape index (κ1) is 19.2. The highest BCUT2D eigenvalue weighted by molar-refractivity contribution is 7.17. The molecule has 1 atom stereocenters. The van der Waals surface area contributed by atoms with E-state index in [4.69, 9.17) is 21.3 Å². The van der Waals surface area contributed by atoms with Crippen molar-refractivity contribution < 1.29 is 14.3 Å². The molecule has 1 aliphatic heterocycles. The van der Waals surface area contributed by atoms with Gasteiger partial charge in [0.1, 0.15) is 16.3 Å². The normalized spacial score (nSPS) is 18.4. The van der Waals surface area contributed by atoms with E-state index in [1.807, 2.05) is 25.8 Å². The Hall–Kier alpha value is -2.55. The zero-order chi connectivity index (χ0) is 19.9. The number of nitrogens with one attached hydrogen (secondary N) is 1. The summed E-state index contributed by atoms with van der Waals surface area (Å²) in [6.45, 7) is 11.2. The van der Waals surface area contributed by atoms with Crippen LogP contribution in [0.2, 0.25) is 0 Å². The average Bonchev–Trinajstić information content (AvgIpc) is 3.15. The number of nitrogens with zero attached hydrogens (tertiary/aromatic N) is 2. The Kier molecular flexibility index (Phi) is 4.90. The van der Waals surface area contributed by atoms with Crippen LogP contribution in [0.5, 0.6) is 0 Å². The highest BCUT2D eigenvalue weighted by Gasteiger charge is 2.42. The van der Waals surface area contributed by atoms with Crippen molar-refractivity contribution in [1.29, 1.82) is 0 Å². The summed E-state index contributed by atoms with van der Waals surface area (Å²) >= 11 is 1.35. The van der Waals surface area contributed by atoms with E-state index < -0.39 is 17.5 Å². The fourth-order valence-corrected chi connectivity index (χ4v) is 4.95. The lowest BCUT2D eigenvalue weighted by molar-refractivity contribution is 0.0858. The Morgan fingerprint density at radius 3 is 2.70 bits per heavy atom. The maximum atomic E-state index is 12.0. The molecule has 0 fully saturated rings. The monoisotopic (exact) mass is 391 g/mol. The number of nitrogens with two attached hydrogens (primary N) is 2. The number of amides is 3. The van der Waals surface area contributed by atoms with Crippen LogP contribution in [0.25, 0.3) is 0 Å². The van der Waals surface area contributed by atoms with Gasteiger partial charge < -0.3 is 16.2 Å². The van der Waals surface area contributed by atoms with Crippen molar-refractivity contribution in [2.24, 2.45) is 16.6 Å². The van der Waals surface area contributed by atoms with Gasteiger partial charge in [-0.1, -0.05) is 6.58 Å². The first-order chi connectivity index (χ1) is 12.7. The molecular weight excluding hydrogens is 366 g/mol. The predicted molar refractivity (Wildman–Crippen MR) is 106 cm³/mol. The van der Waals surface area contributed by atoms with E-state index in [0.29, 0.717) is 35.9 Å². The fourth-order valence-electron chi connectivity index (χ4n) is 3.58. The first-order valence-corrected chi connectivity index (χ1v) is 9.67. The van der Waals surface area contributed by atoms with Crippen molar-refractivity contribution in [2.75, 3.05) is 18.5 Å². The summed E-state index contributed by atoms with van der Waals surface area (Å²) in [4.78, 5) is 24.3. The van der Waals surface area contributed by atoms with E-state index in [2.05, 4.69) is 11.9 Å². The third-order valence-electron chi connectivity index (χ3n) is 5.12. The second kappa shape index (κ2) is 6.88. The molecule has 0 spiro atoms. The topological polar surface area (TPSA) is 123 Å². The van der Waals surface area contributed by atoms with E-state index in [0.717, 1.165) is 22.6 Å². The number of carbonyl (C=O) groups is 2. The van der Waals surface area contributed by atoms with Crippen molar-refractivity contribution in [1.82, 2.24) is 5.01 Å². The van der Waals surface area contributed by atoms with Crippen molar-refractivity contribution >= 4 is 34.0 Å². The molecular formula is C18H25N5O3S. The van der Waals surface area contributed by atoms with Crippen LogP contribution in [0.1, 0.15) is 53.9 Å². The number of fused-ring (bicyclic) bond motifs is 3. The van der Waals surface area contributed by atoms with Gasteiger partial charge in [0, 0.05) is 10.6 Å². The van der Waals surface area contributed by atoms with Gasteiger partial charge in [0.2, 0.25) is 0 Å². The number of primary amides is 2. The second-order valence-electron chi connectivity index (χ2n) is 7.14. The molecule has 0 bridgehead atoms. The van der Waals surface area contributed by atoms with Crippen LogP contribution in [0, 0.1) is 0 Å². The summed E-state index contributed by atoms with van der Waals surface area (Å²) < 4.78 is 5.62. The molecule has 2 aliphatic rings. The summed E-state index contributed by atoms with van der Waals surface area (Å²) in [6.07, 6.45) is 1.39. The zero-order valence-electron chi connectivity index (χ0n) is 15.8. The van der Waals surface area contributed by atoms with Gasteiger partial charge in [-0.3, -0.25) is 15.1 Å². The van der Waals surface area contributed by atoms with Crippen molar-refractivity contribution in [3.05, 3.63) is 28.3 Å². The van der Waals surface area contributed by atoms with E-state index in [1.165, 1.54) is 11.3 Å². The van der Waals surface area contributed by atoms with Gasteiger partial charge in [0.15, 0.2) is 0 Å². The van der Waals surface area contributed by atoms with Gasteiger partial charge in [-0.15, -0.1) is 11.3 Å². The second-order valence-corrected chi connectivity index (χ2v) is 8.20. The van der Waals surface area contributed by atoms with Gasteiger partial charge >= 0.3 is 6.03 Å². The Morgan fingerprint density at radius 1 is 1.41 bits per heavy atom. The van der Waals surface area contributed by atoms with Crippen molar-refractivity contribution in [2.45, 2.75) is 45.1 Å². The number of hydrogen-bond acceptors (Lipinski definition) is 6. The molecule has 146 valence electrons. The smallest absolute Gasteiger partial charge is 0.317 e. The Balaban J connectivity index is 1.95. The lowest BCUT2D eigenvalue weighted by Gasteiger charge is -2.35. The molecule has 0 saturated carbocycles. The van der Waals surface area contributed by atoms with Crippen LogP contribution in [0.15, 0.2) is 17.4 Å². The molecule has 1 aromatic rings. The molecule has 1 unspecified atom stereocenters. The molecule has 0 saturated heterocycles. The molecule has 0 aromatic carbocycles. The van der Waals surface area contributed by atoms with E-state index in [-0.39, 0.29) is 5.92 Å². The van der Waals surface area contributed by atoms with E-state index >= 15 is 0 Å². The number of rotatable bonds is 6. The molecule has 0 radical (unpaired) electrons. The van der Waals surface area contributed by atoms with Gasteiger partial charge in [0.25, 0.3) is 5.91 Å². The summed E-state index contributed by atoms with van der Waals surface area (Å²) in [5.41, 5.74) is 12.7. The van der Waals surface area contributed by atoms with Crippen LogP contribution in [0.3, 0.4) is 0 Å². The predicted octanol–water partition coefficient (Wildman–Crippen LogP) is 2.37. The minimum absolute atomic E-state index is 0.0500. The molecule has 27 heavy (non-hydrogen) atoms. The van der Waals surface area contributed by atoms with Crippen LogP contribution >= 0.6 is 11.3 Å². The minimum atomic E-state index is -0.716. The number of ether oxygens (including phenoxy) is 1. The standard InChI is InChI=1S/C18H25N5O3S/c1-5-26-9(2)18(3,4)23-8-11-12(22-23)7-6-10-13(15(19)24)16(21-17(20)25)27-14(10)11/h11H,2,5-8H2,1,3-4H3,(H2,19,24)(H3,20,21,25). The summed E-state index contributed by atoms with van der Waals surface area (Å²) in [5, 5.41) is 9.76. The van der Waals surface area contributed by atoms with E-state index in [9.17, 15) is 9.59 Å². The minimum Gasteiger partial charge on any atom is -0.496 e. The maximum absolute atomic E-state index is 12.0. The Labute approximate surface area is 162 Å². The Morgan fingerprint density at radius 2 is 2.11 bits per heavy atom. The molecule has 2 heterocycles. The molecule has 8 nitrogen and oxygen atoms in total. The third kappa shape index (κ3) is 3.27. The number of anilines is 1. The molecule has 1 aliphatic carbocycles. The van der Waals surface area contributed by atoms with Crippen LogP contribution in [-0.4, -0.2) is 41.3 Å². The number of hydrogen-bond donors (Lipinski definition) is 3. The van der Waals surface area contributed by atoms with Gasteiger partial charge in [0.05, 0.1) is 24.6 Å². The highest BCUT2D eigenvalue weighted by Crippen LogP contribution is 2.46.